The summed E-state index contributed by atoms with van der Waals surface area (Å²) in [6, 6.07) is 5.26. The molecule has 0 unspecified atom stereocenters. The number of aryl methyl sites for hydroxylation is 2. The van der Waals surface area contributed by atoms with Crippen molar-refractivity contribution in [2.45, 2.75) is 13.8 Å². The van der Waals surface area contributed by atoms with Crippen LogP contribution in [0.15, 0.2) is 27.5 Å². The van der Waals surface area contributed by atoms with Gasteiger partial charge in [-0.3, -0.25) is 4.79 Å². The molecule has 0 aliphatic rings. The molecule has 0 aromatic heterocycles. The Hall–Kier alpha value is -0.630. The molecule has 1 aromatic rings. The lowest BCUT2D eigenvalue weighted by molar-refractivity contribution is 1.42. The van der Waals surface area contributed by atoms with Crippen LogP contribution < -0.4 is 5.43 Å². The van der Waals surface area contributed by atoms with E-state index in [-0.39, 0.29) is 5.43 Å². The molecule has 58 valence electrons. The average molecular weight is 213 g/mol. The Balaban J connectivity index is 3.54. The molecule has 2 heteroatoms. The first-order valence-corrected chi connectivity index (χ1v) is 4.17. The number of hydrogen-bond donors (Lipinski definition) is 0. The largest absolute Gasteiger partial charge is 0.290 e. The van der Waals surface area contributed by atoms with Crippen molar-refractivity contribution in [3.8, 4) is 0 Å². The van der Waals surface area contributed by atoms with Crippen molar-refractivity contribution in [3.63, 3.8) is 0 Å². The Kier molecular flexibility index (Phi) is 2.45. The Morgan fingerprint density at radius 3 is 2.45 bits per heavy atom. The smallest absolute Gasteiger partial charge is 0.181 e. The molecule has 0 saturated carbocycles. The van der Waals surface area contributed by atoms with Gasteiger partial charge in [0.25, 0.3) is 0 Å². The molecule has 0 radical (unpaired) electrons. The highest BCUT2D eigenvalue weighted by Gasteiger charge is 1.94. The van der Waals surface area contributed by atoms with Crippen LogP contribution in [0.25, 0.3) is 0 Å². The predicted molar refractivity (Wildman–Crippen MR) is 49.9 cm³/mol. The van der Waals surface area contributed by atoms with E-state index in [4.69, 9.17) is 0 Å². The minimum atomic E-state index is 0.0822. The molecular weight excluding hydrogens is 204 g/mol. The van der Waals surface area contributed by atoms with Gasteiger partial charge in [0, 0.05) is 4.47 Å². The van der Waals surface area contributed by atoms with Gasteiger partial charge in [-0.05, 0) is 37.1 Å². The summed E-state index contributed by atoms with van der Waals surface area (Å²) >= 11 is 3.37. The highest BCUT2D eigenvalue weighted by Crippen LogP contribution is 2.13. The molecule has 1 rings (SSSR count). The van der Waals surface area contributed by atoms with E-state index in [1.807, 2.05) is 26.0 Å². The number of halogens is 1. The van der Waals surface area contributed by atoms with Crippen LogP contribution in [0, 0.1) is 13.8 Å². The van der Waals surface area contributed by atoms with Crippen molar-refractivity contribution in [2.24, 2.45) is 0 Å². The summed E-state index contributed by atoms with van der Waals surface area (Å²) in [5.74, 6) is 0. The second-order valence-corrected chi connectivity index (χ2v) is 3.41. The third kappa shape index (κ3) is 1.90. The molecule has 0 saturated heterocycles. The van der Waals surface area contributed by atoms with E-state index >= 15 is 0 Å². The summed E-state index contributed by atoms with van der Waals surface area (Å²) < 4.78 is 0.983. The Morgan fingerprint density at radius 1 is 1.18 bits per heavy atom. The van der Waals surface area contributed by atoms with Crippen LogP contribution in [-0.4, -0.2) is 0 Å². The molecule has 0 spiro atoms. The van der Waals surface area contributed by atoms with E-state index in [0.29, 0.717) is 0 Å². The van der Waals surface area contributed by atoms with Crippen molar-refractivity contribution in [2.75, 3.05) is 0 Å². The topological polar surface area (TPSA) is 17.1 Å². The molecule has 0 amide bonds. The Labute approximate surface area is 74.2 Å². The first kappa shape index (κ1) is 8.47. The third-order valence-electron chi connectivity index (χ3n) is 1.59. The molecule has 0 atom stereocenters. The van der Waals surface area contributed by atoms with Crippen molar-refractivity contribution in [3.05, 3.63) is 44.0 Å². The van der Waals surface area contributed by atoms with E-state index in [1.165, 1.54) is 0 Å². The molecule has 1 aromatic carbocycles. The summed E-state index contributed by atoms with van der Waals surface area (Å²) in [7, 11) is 0. The summed E-state index contributed by atoms with van der Waals surface area (Å²) in [4.78, 5) is 11.1. The molecule has 1 nitrogen and oxygen atoms in total. The minimum Gasteiger partial charge on any atom is -0.290 e. The van der Waals surface area contributed by atoms with Gasteiger partial charge in [0.15, 0.2) is 5.43 Å². The van der Waals surface area contributed by atoms with Gasteiger partial charge in [0.2, 0.25) is 0 Å². The fourth-order valence-electron chi connectivity index (χ4n) is 0.787. The summed E-state index contributed by atoms with van der Waals surface area (Å²) in [6.45, 7) is 3.77. The highest BCUT2D eigenvalue weighted by molar-refractivity contribution is 9.10. The van der Waals surface area contributed by atoms with Crippen LogP contribution in [0.3, 0.4) is 0 Å². The highest BCUT2D eigenvalue weighted by atomic mass is 79.9. The van der Waals surface area contributed by atoms with Crippen molar-refractivity contribution < 1.29 is 0 Å². The minimum absolute atomic E-state index is 0.0822. The van der Waals surface area contributed by atoms with E-state index in [2.05, 4.69) is 15.9 Å². The predicted octanol–water partition coefficient (Wildman–Crippen LogP) is 2.43. The van der Waals surface area contributed by atoms with E-state index in [1.54, 1.807) is 6.07 Å². The third-order valence-corrected chi connectivity index (χ3v) is 2.45. The molecule has 0 bridgehead atoms. The fraction of sp³-hybridized carbons (Fsp3) is 0.222. The van der Waals surface area contributed by atoms with Gasteiger partial charge in [0.1, 0.15) is 0 Å². The Morgan fingerprint density at radius 2 is 1.82 bits per heavy atom. The van der Waals surface area contributed by atoms with Gasteiger partial charge in [-0.2, -0.15) is 0 Å². The first-order chi connectivity index (χ1) is 5.11. The lowest BCUT2D eigenvalue weighted by Gasteiger charge is -1.87. The van der Waals surface area contributed by atoms with Gasteiger partial charge in [-0.15, -0.1) is 0 Å². The van der Waals surface area contributed by atoms with Crippen LogP contribution >= 0.6 is 15.9 Å². The van der Waals surface area contributed by atoms with Crippen molar-refractivity contribution >= 4 is 15.9 Å². The maximum atomic E-state index is 11.1. The molecule has 0 N–H and O–H groups in total. The maximum absolute atomic E-state index is 11.1. The molecule has 0 heterocycles. The van der Waals surface area contributed by atoms with Crippen LogP contribution in [0.5, 0.6) is 0 Å². The quantitative estimate of drug-likeness (QED) is 0.646. The number of rotatable bonds is 0. The summed E-state index contributed by atoms with van der Waals surface area (Å²) in [5.41, 5.74) is 1.93. The maximum Gasteiger partial charge on any atom is 0.181 e. The molecule has 11 heavy (non-hydrogen) atoms. The average Bonchev–Trinajstić information content (AvgIpc) is 2.05. The summed E-state index contributed by atoms with van der Waals surface area (Å²) in [5, 5.41) is 0. The lowest BCUT2D eigenvalue weighted by atomic mass is 10.3. The SMILES string of the molecule is Cc1ccc(=O)c(C)cc1Br. The summed E-state index contributed by atoms with van der Waals surface area (Å²) in [6.07, 6.45) is 0. The van der Waals surface area contributed by atoms with Crippen LogP contribution in [0.2, 0.25) is 0 Å². The van der Waals surface area contributed by atoms with Crippen molar-refractivity contribution in [1.29, 1.82) is 0 Å². The molecule has 0 aliphatic heterocycles. The van der Waals surface area contributed by atoms with Gasteiger partial charge in [-0.1, -0.05) is 22.0 Å². The second-order valence-electron chi connectivity index (χ2n) is 2.56. The lowest BCUT2D eigenvalue weighted by Crippen LogP contribution is -1.96. The molecule has 0 aliphatic carbocycles. The Bertz CT molecular complexity index is 331. The van der Waals surface area contributed by atoms with E-state index in [0.717, 1.165) is 15.6 Å². The standard InChI is InChI=1S/C9H9BrO/c1-6-3-4-9(11)7(2)5-8(6)10/h3-5H,1-2H3. The van der Waals surface area contributed by atoms with Gasteiger partial charge < -0.3 is 0 Å². The number of hydrogen-bond acceptors (Lipinski definition) is 1. The van der Waals surface area contributed by atoms with Crippen LogP contribution in [-0.2, 0) is 0 Å². The second kappa shape index (κ2) is 3.18. The monoisotopic (exact) mass is 212 g/mol. The zero-order valence-electron chi connectivity index (χ0n) is 6.52. The molecular formula is C9H9BrO. The first-order valence-electron chi connectivity index (χ1n) is 3.38. The van der Waals surface area contributed by atoms with Gasteiger partial charge in [-0.25, -0.2) is 0 Å². The van der Waals surface area contributed by atoms with E-state index < -0.39 is 0 Å². The van der Waals surface area contributed by atoms with Crippen molar-refractivity contribution in [1.82, 2.24) is 0 Å². The van der Waals surface area contributed by atoms with Crippen LogP contribution in [0.1, 0.15) is 11.1 Å². The van der Waals surface area contributed by atoms with E-state index in [9.17, 15) is 4.79 Å². The normalized spacial score (nSPS) is 9.73. The fourth-order valence-corrected chi connectivity index (χ4v) is 1.26. The van der Waals surface area contributed by atoms with Crippen LogP contribution in [0.4, 0.5) is 0 Å². The van der Waals surface area contributed by atoms with Gasteiger partial charge in [0.05, 0.1) is 0 Å². The molecule has 0 fully saturated rings. The van der Waals surface area contributed by atoms with Gasteiger partial charge >= 0.3 is 0 Å². The zero-order valence-corrected chi connectivity index (χ0v) is 8.10. The zero-order chi connectivity index (χ0) is 8.43.